The summed E-state index contributed by atoms with van der Waals surface area (Å²) in [5.74, 6) is -0.643. The maximum Gasteiger partial charge on any atom is 0.311 e. The molecule has 0 fully saturated rings. The first-order chi connectivity index (χ1) is 21.3. The van der Waals surface area contributed by atoms with Crippen LogP contribution in [-0.4, -0.2) is 37.7 Å². The Balaban J connectivity index is 1.66. The molecule has 0 saturated carbocycles. The van der Waals surface area contributed by atoms with E-state index < -0.39 is 28.9 Å². The van der Waals surface area contributed by atoms with Crippen molar-refractivity contribution in [2.24, 2.45) is 0 Å². The van der Waals surface area contributed by atoms with E-state index in [4.69, 9.17) is 18.9 Å². The van der Waals surface area contributed by atoms with Crippen molar-refractivity contribution < 1.29 is 38.6 Å². The fourth-order valence-corrected chi connectivity index (χ4v) is 4.91. The Morgan fingerprint density at radius 1 is 0.773 bits per heavy atom. The number of aliphatic carboxylic acids is 1. The summed E-state index contributed by atoms with van der Waals surface area (Å²) in [6.07, 6.45) is -0.189. The standard InChI is InChI=1S/C34H33NO9/c1-41-29-15-10-26(11-16-29)34(25-8-4-3-5-9-25,27-12-17-30(42-2)18-13-27)43-22-6-7-24-23-28(35(39)40)14-19-31(24)44-33(38)21-20-32(36)37/h3-5,8-19,23H,6-7,20-22H2,1-2H3,(H,36,37)/p-1. The molecule has 0 N–H and O–H groups in total. The Bertz CT molecular complexity index is 1520. The zero-order chi connectivity index (χ0) is 31.5. The highest BCUT2D eigenvalue weighted by Gasteiger charge is 2.37. The number of non-ortho nitro benzene ring substituents is 1. The van der Waals surface area contributed by atoms with Crippen molar-refractivity contribution in [3.63, 3.8) is 0 Å². The van der Waals surface area contributed by atoms with Gasteiger partial charge in [-0.25, -0.2) is 0 Å². The Labute approximate surface area is 254 Å². The Morgan fingerprint density at radius 2 is 1.34 bits per heavy atom. The molecular weight excluding hydrogens is 566 g/mol. The van der Waals surface area contributed by atoms with Gasteiger partial charge in [0.15, 0.2) is 0 Å². The summed E-state index contributed by atoms with van der Waals surface area (Å²) in [7, 11) is 3.20. The number of carboxylic acids is 1. The largest absolute Gasteiger partial charge is 0.550 e. The molecule has 10 heteroatoms. The SMILES string of the molecule is COc1ccc(C(OCCCc2cc([N+](=O)[O-])ccc2OC(=O)CCC(=O)[O-])(c2ccccc2)c2ccc(OC)cc2)cc1. The molecule has 0 unspecified atom stereocenters. The van der Waals surface area contributed by atoms with Crippen LogP contribution in [0.4, 0.5) is 5.69 Å². The smallest absolute Gasteiger partial charge is 0.311 e. The van der Waals surface area contributed by atoms with Crippen LogP contribution in [-0.2, 0) is 26.3 Å². The van der Waals surface area contributed by atoms with Gasteiger partial charge in [-0.15, -0.1) is 0 Å². The monoisotopic (exact) mass is 598 g/mol. The van der Waals surface area contributed by atoms with Crippen molar-refractivity contribution in [3.05, 3.63) is 129 Å². The van der Waals surface area contributed by atoms with Crippen molar-refractivity contribution in [2.45, 2.75) is 31.3 Å². The van der Waals surface area contributed by atoms with E-state index in [-0.39, 0.29) is 30.9 Å². The summed E-state index contributed by atoms with van der Waals surface area (Å²) in [5.41, 5.74) is 1.81. The van der Waals surface area contributed by atoms with Crippen LogP contribution in [0.15, 0.2) is 97.1 Å². The number of rotatable bonds is 15. The number of carboxylic acid groups (broad SMARTS) is 1. The minimum atomic E-state index is -1.38. The molecule has 44 heavy (non-hydrogen) atoms. The molecule has 0 aliphatic rings. The molecule has 0 amide bonds. The van der Waals surface area contributed by atoms with Crippen molar-refractivity contribution in [1.29, 1.82) is 0 Å². The molecule has 0 heterocycles. The van der Waals surface area contributed by atoms with Gasteiger partial charge in [-0.2, -0.15) is 0 Å². The minimum Gasteiger partial charge on any atom is -0.550 e. The number of esters is 1. The fourth-order valence-electron chi connectivity index (χ4n) is 4.91. The van der Waals surface area contributed by atoms with Crippen LogP contribution in [0.25, 0.3) is 0 Å². The van der Waals surface area contributed by atoms with Gasteiger partial charge in [0.25, 0.3) is 5.69 Å². The third kappa shape index (κ3) is 7.59. The highest BCUT2D eigenvalue weighted by atomic mass is 16.6. The summed E-state index contributed by atoms with van der Waals surface area (Å²) < 4.78 is 23.0. The van der Waals surface area contributed by atoms with Gasteiger partial charge in [0.1, 0.15) is 22.8 Å². The van der Waals surface area contributed by atoms with E-state index in [1.54, 1.807) is 14.2 Å². The number of carbonyl (C=O) groups is 2. The second-order valence-electron chi connectivity index (χ2n) is 9.85. The molecule has 10 nitrogen and oxygen atoms in total. The van der Waals surface area contributed by atoms with Gasteiger partial charge in [-0.05, 0) is 66.3 Å². The van der Waals surface area contributed by atoms with Crippen molar-refractivity contribution >= 4 is 17.6 Å². The number of carbonyl (C=O) groups excluding carboxylic acids is 2. The first-order valence-electron chi connectivity index (χ1n) is 13.9. The van der Waals surface area contributed by atoms with Gasteiger partial charge in [-0.3, -0.25) is 14.9 Å². The minimum absolute atomic E-state index is 0.124. The highest BCUT2D eigenvalue weighted by Crippen LogP contribution is 2.42. The first-order valence-corrected chi connectivity index (χ1v) is 13.9. The number of aryl methyl sites for hydroxylation is 1. The Kier molecular flexibility index (Phi) is 10.7. The van der Waals surface area contributed by atoms with Crippen LogP contribution in [0, 0.1) is 10.1 Å². The average molecular weight is 599 g/mol. The molecule has 0 radical (unpaired) electrons. The number of nitro benzene ring substituents is 1. The van der Waals surface area contributed by atoms with Crippen molar-refractivity contribution in [1.82, 2.24) is 0 Å². The molecule has 4 aromatic carbocycles. The van der Waals surface area contributed by atoms with Crippen LogP contribution in [0.2, 0.25) is 0 Å². The molecule has 0 aromatic heterocycles. The number of methoxy groups -OCH3 is 2. The zero-order valence-electron chi connectivity index (χ0n) is 24.4. The molecule has 228 valence electrons. The Morgan fingerprint density at radius 3 is 1.86 bits per heavy atom. The van der Waals surface area contributed by atoms with E-state index in [1.165, 1.54) is 18.2 Å². The third-order valence-corrected chi connectivity index (χ3v) is 7.09. The van der Waals surface area contributed by atoms with E-state index >= 15 is 0 Å². The lowest BCUT2D eigenvalue weighted by atomic mass is 9.80. The van der Waals surface area contributed by atoms with Crippen LogP contribution in [0.1, 0.15) is 41.5 Å². The molecule has 0 saturated heterocycles. The zero-order valence-corrected chi connectivity index (χ0v) is 24.4. The predicted octanol–water partition coefficient (Wildman–Crippen LogP) is 4.99. The maximum absolute atomic E-state index is 12.2. The van der Waals surface area contributed by atoms with Gasteiger partial charge in [0.2, 0.25) is 0 Å². The molecule has 4 aromatic rings. The van der Waals surface area contributed by atoms with Crippen molar-refractivity contribution in [3.8, 4) is 17.2 Å². The van der Waals surface area contributed by atoms with E-state index in [1.807, 2.05) is 78.9 Å². The van der Waals surface area contributed by atoms with E-state index in [9.17, 15) is 24.8 Å². The molecule has 0 spiro atoms. The van der Waals surface area contributed by atoms with E-state index in [2.05, 4.69) is 0 Å². The predicted molar refractivity (Wildman–Crippen MR) is 160 cm³/mol. The molecule has 0 bridgehead atoms. The number of hydrogen-bond acceptors (Lipinski definition) is 9. The second kappa shape index (κ2) is 14.8. The first kappa shape index (κ1) is 31.7. The van der Waals surface area contributed by atoms with Gasteiger partial charge in [-0.1, -0.05) is 54.6 Å². The second-order valence-corrected chi connectivity index (χ2v) is 9.85. The van der Waals surface area contributed by atoms with E-state index in [0.717, 1.165) is 16.7 Å². The topological polar surface area (TPSA) is 137 Å². The normalized spacial score (nSPS) is 11.0. The number of nitrogens with zero attached hydrogens (tertiary/aromatic N) is 1. The lowest BCUT2D eigenvalue weighted by Crippen LogP contribution is -2.33. The van der Waals surface area contributed by atoms with Gasteiger partial charge in [0.05, 0.1) is 25.6 Å². The average Bonchev–Trinajstić information content (AvgIpc) is 3.05. The van der Waals surface area contributed by atoms with Gasteiger partial charge in [0, 0.05) is 30.3 Å². The highest BCUT2D eigenvalue weighted by molar-refractivity contribution is 5.77. The number of ether oxygens (including phenoxy) is 4. The molecule has 0 aliphatic heterocycles. The van der Waals surface area contributed by atoms with Crippen molar-refractivity contribution in [2.75, 3.05) is 20.8 Å². The van der Waals surface area contributed by atoms with Crippen LogP contribution in [0.5, 0.6) is 17.2 Å². The molecule has 0 atom stereocenters. The third-order valence-electron chi connectivity index (χ3n) is 7.09. The lowest BCUT2D eigenvalue weighted by Gasteiger charge is -2.36. The van der Waals surface area contributed by atoms with Crippen LogP contribution in [0.3, 0.4) is 0 Å². The summed E-state index contributed by atoms with van der Waals surface area (Å²) in [6.45, 7) is 0.216. The van der Waals surface area contributed by atoms with Crippen LogP contribution >= 0.6 is 0 Å². The van der Waals surface area contributed by atoms with Gasteiger partial charge < -0.3 is 28.8 Å². The number of nitro groups is 1. The summed E-state index contributed by atoms with van der Waals surface area (Å²) >= 11 is 0. The number of hydrogen-bond donors (Lipinski definition) is 0. The summed E-state index contributed by atoms with van der Waals surface area (Å²) in [6, 6.07) is 28.9. The molecule has 0 aliphatic carbocycles. The quantitative estimate of drug-likeness (QED) is 0.0463. The summed E-state index contributed by atoms with van der Waals surface area (Å²) in [4.78, 5) is 33.9. The van der Waals surface area contributed by atoms with Gasteiger partial charge >= 0.3 is 5.97 Å². The Hall–Kier alpha value is -5.22. The summed E-state index contributed by atoms with van der Waals surface area (Å²) in [5, 5.41) is 22.2. The van der Waals surface area contributed by atoms with E-state index in [0.29, 0.717) is 23.5 Å². The maximum atomic E-state index is 12.2. The molecular formula is C34H32NO9-. The lowest BCUT2D eigenvalue weighted by molar-refractivity contribution is -0.384. The number of benzene rings is 4. The molecule has 4 rings (SSSR count). The fraction of sp³-hybridized carbons (Fsp3) is 0.235. The van der Waals surface area contributed by atoms with Crippen LogP contribution < -0.4 is 19.3 Å².